The van der Waals surface area contributed by atoms with Crippen molar-refractivity contribution in [3.05, 3.63) is 23.2 Å². The lowest BCUT2D eigenvalue weighted by atomic mass is 10.4. The van der Waals surface area contributed by atoms with Crippen LogP contribution in [-0.4, -0.2) is 32.7 Å². The van der Waals surface area contributed by atoms with Crippen LogP contribution in [0.3, 0.4) is 0 Å². The van der Waals surface area contributed by atoms with E-state index in [1.165, 1.54) is 11.3 Å². The van der Waals surface area contributed by atoms with Crippen LogP contribution >= 0.6 is 11.3 Å². The molecule has 8 heteroatoms. The molecule has 19 heavy (non-hydrogen) atoms. The summed E-state index contributed by atoms with van der Waals surface area (Å²) in [4.78, 5) is 16.0. The van der Waals surface area contributed by atoms with Gasteiger partial charge in [0.25, 0.3) is 5.91 Å². The molecule has 0 saturated heterocycles. The van der Waals surface area contributed by atoms with Crippen LogP contribution in [0.15, 0.2) is 11.7 Å². The zero-order valence-corrected chi connectivity index (χ0v) is 11.7. The second-order valence-corrected chi connectivity index (χ2v) is 4.77. The first-order chi connectivity index (χ1) is 9.24. The Hall–Kier alpha value is -1.96. The summed E-state index contributed by atoms with van der Waals surface area (Å²) < 4.78 is 1.93. The minimum Gasteiger partial charge on any atom is -0.365 e. The van der Waals surface area contributed by atoms with E-state index in [1.807, 2.05) is 4.57 Å². The molecule has 0 aliphatic carbocycles. The summed E-state index contributed by atoms with van der Waals surface area (Å²) in [5, 5.41) is 16.0. The van der Waals surface area contributed by atoms with E-state index in [9.17, 15) is 4.79 Å². The van der Waals surface area contributed by atoms with Gasteiger partial charge < -0.3 is 15.2 Å². The molecule has 0 aliphatic rings. The van der Waals surface area contributed by atoms with Crippen LogP contribution in [0.5, 0.6) is 0 Å². The third-order valence-corrected chi connectivity index (χ3v) is 3.38. The molecule has 0 bridgehead atoms. The van der Waals surface area contributed by atoms with Crippen molar-refractivity contribution in [1.29, 1.82) is 0 Å². The fraction of sp³-hybridized carbons (Fsp3) is 0.455. The van der Waals surface area contributed by atoms with Gasteiger partial charge >= 0.3 is 0 Å². The van der Waals surface area contributed by atoms with E-state index in [0.717, 1.165) is 23.9 Å². The lowest BCUT2D eigenvalue weighted by Crippen LogP contribution is -2.25. The fourth-order valence-corrected chi connectivity index (χ4v) is 2.24. The van der Waals surface area contributed by atoms with Gasteiger partial charge in [0.1, 0.15) is 12.0 Å². The fourth-order valence-electron chi connectivity index (χ4n) is 1.59. The monoisotopic (exact) mass is 280 g/mol. The Balaban J connectivity index is 1.94. The number of amides is 1. The molecule has 2 rings (SSSR count). The maximum atomic E-state index is 11.9. The quantitative estimate of drug-likeness (QED) is 0.828. The summed E-state index contributed by atoms with van der Waals surface area (Å²) in [5.41, 5.74) is 0.413. The van der Waals surface area contributed by atoms with Crippen LogP contribution in [0.2, 0.25) is 0 Å². The predicted octanol–water partition coefficient (Wildman–Crippen LogP) is 1.12. The lowest BCUT2D eigenvalue weighted by molar-refractivity contribution is 0.0945. The van der Waals surface area contributed by atoms with Crippen molar-refractivity contribution in [2.75, 3.05) is 12.4 Å². The summed E-state index contributed by atoms with van der Waals surface area (Å²) in [7, 11) is 1.77. The zero-order chi connectivity index (χ0) is 13.7. The molecule has 0 aromatic carbocycles. The molecule has 0 spiro atoms. The number of carbonyl (C=O) groups is 1. The summed E-state index contributed by atoms with van der Waals surface area (Å²) in [5.74, 6) is 0.545. The SMILES string of the molecule is CCCn1cnnc1CNC(=O)c1csc(NC)n1. The van der Waals surface area contributed by atoms with Gasteiger partial charge in [-0.15, -0.1) is 21.5 Å². The molecule has 0 atom stereocenters. The smallest absolute Gasteiger partial charge is 0.271 e. The average Bonchev–Trinajstić information content (AvgIpc) is 3.05. The summed E-state index contributed by atoms with van der Waals surface area (Å²) in [6.07, 6.45) is 2.67. The van der Waals surface area contributed by atoms with E-state index in [4.69, 9.17) is 0 Å². The second-order valence-electron chi connectivity index (χ2n) is 3.91. The van der Waals surface area contributed by atoms with Gasteiger partial charge in [-0.3, -0.25) is 4.79 Å². The molecular weight excluding hydrogens is 264 g/mol. The highest BCUT2D eigenvalue weighted by Crippen LogP contribution is 2.14. The Morgan fingerprint density at radius 1 is 1.53 bits per heavy atom. The molecule has 2 aromatic rings. The van der Waals surface area contributed by atoms with Crippen molar-refractivity contribution < 1.29 is 4.79 Å². The largest absolute Gasteiger partial charge is 0.365 e. The van der Waals surface area contributed by atoms with Gasteiger partial charge in [-0.1, -0.05) is 6.92 Å². The third-order valence-electron chi connectivity index (χ3n) is 2.52. The Morgan fingerprint density at radius 3 is 3.05 bits per heavy atom. The Bertz CT molecular complexity index is 549. The molecule has 2 aromatic heterocycles. The molecule has 7 nitrogen and oxygen atoms in total. The predicted molar refractivity (Wildman–Crippen MR) is 73.1 cm³/mol. The number of aryl methyl sites for hydroxylation is 1. The molecule has 2 N–H and O–H groups in total. The highest BCUT2D eigenvalue weighted by Gasteiger charge is 2.11. The van der Waals surface area contributed by atoms with Crippen LogP contribution < -0.4 is 10.6 Å². The van der Waals surface area contributed by atoms with Gasteiger partial charge in [-0.25, -0.2) is 4.98 Å². The van der Waals surface area contributed by atoms with Crippen LogP contribution in [0, 0.1) is 0 Å². The van der Waals surface area contributed by atoms with E-state index in [2.05, 4.69) is 32.7 Å². The number of nitrogens with one attached hydrogen (secondary N) is 2. The van der Waals surface area contributed by atoms with Crippen molar-refractivity contribution in [1.82, 2.24) is 25.1 Å². The van der Waals surface area contributed by atoms with Gasteiger partial charge in [-0.2, -0.15) is 0 Å². The maximum absolute atomic E-state index is 11.9. The molecule has 102 valence electrons. The van der Waals surface area contributed by atoms with Gasteiger partial charge in [0.05, 0.1) is 6.54 Å². The number of carbonyl (C=O) groups excluding carboxylic acids is 1. The number of hydrogen-bond donors (Lipinski definition) is 2. The third kappa shape index (κ3) is 3.28. The highest BCUT2D eigenvalue weighted by molar-refractivity contribution is 7.13. The first-order valence-electron chi connectivity index (χ1n) is 6.02. The number of hydrogen-bond acceptors (Lipinski definition) is 6. The van der Waals surface area contributed by atoms with Crippen LogP contribution in [0.25, 0.3) is 0 Å². The molecule has 0 radical (unpaired) electrons. The highest BCUT2D eigenvalue weighted by atomic mass is 32.1. The minimum absolute atomic E-state index is 0.205. The molecule has 0 fully saturated rings. The number of thiazole rings is 1. The van der Waals surface area contributed by atoms with E-state index >= 15 is 0 Å². The zero-order valence-electron chi connectivity index (χ0n) is 10.9. The maximum Gasteiger partial charge on any atom is 0.271 e. The number of aromatic nitrogens is 4. The van der Waals surface area contributed by atoms with Crippen LogP contribution in [-0.2, 0) is 13.1 Å². The van der Waals surface area contributed by atoms with Crippen molar-refractivity contribution in [3.63, 3.8) is 0 Å². The van der Waals surface area contributed by atoms with Crippen LogP contribution in [0.1, 0.15) is 29.7 Å². The van der Waals surface area contributed by atoms with E-state index in [1.54, 1.807) is 18.8 Å². The lowest BCUT2D eigenvalue weighted by Gasteiger charge is -2.05. The Morgan fingerprint density at radius 2 is 2.37 bits per heavy atom. The Labute approximate surface area is 115 Å². The minimum atomic E-state index is -0.205. The van der Waals surface area contributed by atoms with E-state index < -0.39 is 0 Å². The summed E-state index contributed by atoms with van der Waals surface area (Å²) >= 11 is 1.40. The average molecular weight is 280 g/mol. The van der Waals surface area contributed by atoms with Crippen molar-refractivity contribution >= 4 is 22.4 Å². The van der Waals surface area contributed by atoms with Crippen molar-refractivity contribution in [2.45, 2.75) is 26.4 Å². The molecule has 0 aliphatic heterocycles. The topological polar surface area (TPSA) is 84.7 Å². The summed E-state index contributed by atoms with van der Waals surface area (Å²) in [6.45, 7) is 3.28. The first-order valence-corrected chi connectivity index (χ1v) is 6.90. The first kappa shape index (κ1) is 13.5. The van der Waals surface area contributed by atoms with Gasteiger partial charge in [0.2, 0.25) is 0 Å². The van der Waals surface area contributed by atoms with Gasteiger partial charge in [-0.05, 0) is 6.42 Å². The molecule has 1 amide bonds. The number of rotatable bonds is 6. The molecule has 0 saturated carbocycles. The number of nitrogens with zero attached hydrogens (tertiary/aromatic N) is 4. The molecule has 0 unspecified atom stereocenters. The van der Waals surface area contributed by atoms with E-state index in [0.29, 0.717) is 12.2 Å². The number of anilines is 1. The molecule has 2 heterocycles. The normalized spacial score (nSPS) is 10.4. The Kier molecular flexibility index (Phi) is 4.45. The molecular formula is C11H16N6OS. The van der Waals surface area contributed by atoms with Gasteiger partial charge in [0.15, 0.2) is 11.0 Å². The summed E-state index contributed by atoms with van der Waals surface area (Å²) in [6, 6.07) is 0. The van der Waals surface area contributed by atoms with Gasteiger partial charge in [0, 0.05) is 19.0 Å². The van der Waals surface area contributed by atoms with Crippen molar-refractivity contribution in [3.8, 4) is 0 Å². The van der Waals surface area contributed by atoms with E-state index in [-0.39, 0.29) is 5.91 Å². The van der Waals surface area contributed by atoms with Crippen LogP contribution in [0.4, 0.5) is 5.13 Å². The van der Waals surface area contributed by atoms with Crippen molar-refractivity contribution in [2.24, 2.45) is 0 Å². The standard InChI is InChI=1S/C11H16N6OS/c1-3-4-17-7-14-16-9(17)5-13-10(18)8-6-19-11(12-2)15-8/h6-7H,3-5H2,1-2H3,(H,12,15)(H,13,18). The second kappa shape index (κ2) is 6.28.